The summed E-state index contributed by atoms with van der Waals surface area (Å²) in [6.07, 6.45) is 2.53. The molecule has 0 aromatic heterocycles. The van der Waals surface area contributed by atoms with Gasteiger partial charge >= 0.3 is 0 Å². The molecule has 0 bridgehead atoms. The summed E-state index contributed by atoms with van der Waals surface area (Å²) in [5.41, 5.74) is 2.91. The Balaban J connectivity index is 1.67. The highest BCUT2D eigenvalue weighted by Crippen LogP contribution is 2.48. The Labute approximate surface area is 159 Å². The standard InChI is InChI=1S/C22H25NO4/c1-3-26-15-13-17-21(19(14-15)25-2)20-16(22(17)24)7-6-8-18(20)27-12-11-23-9-4-5-10-23/h6-8,13-14H,3-5,9-12H2,1-2H3. The van der Waals surface area contributed by atoms with E-state index in [1.807, 2.05) is 31.2 Å². The molecule has 27 heavy (non-hydrogen) atoms. The van der Waals surface area contributed by atoms with Crippen molar-refractivity contribution in [2.24, 2.45) is 0 Å². The van der Waals surface area contributed by atoms with Gasteiger partial charge in [0.15, 0.2) is 5.78 Å². The molecule has 1 heterocycles. The van der Waals surface area contributed by atoms with E-state index in [0.717, 1.165) is 36.5 Å². The van der Waals surface area contributed by atoms with Crippen LogP contribution in [0.1, 0.15) is 35.7 Å². The minimum Gasteiger partial charge on any atom is -0.496 e. The molecule has 0 N–H and O–H groups in total. The van der Waals surface area contributed by atoms with E-state index in [2.05, 4.69) is 4.90 Å². The molecule has 0 saturated carbocycles. The number of ether oxygens (including phenoxy) is 3. The summed E-state index contributed by atoms with van der Waals surface area (Å²) < 4.78 is 17.3. The lowest BCUT2D eigenvalue weighted by atomic mass is 10.0. The molecule has 0 amide bonds. The van der Waals surface area contributed by atoms with Crippen LogP contribution < -0.4 is 14.2 Å². The van der Waals surface area contributed by atoms with Crippen molar-refractivity contribution in [1.82, 2.24) is 4.90 Å². The lowest BCUT2D eigenvalue weighted by molar-refractivity contribution is 0.104. The maximum Gasteiger partial charge on any atom is 0.194 e. The van der Waals surface area contributed by atoms with Gasteiger partial charge in [0, 0.05) is 34.9 Å². The van der Waals surface area contributed by atoms with Gasteiger partial charge in [0.25, 0.3) is 0 Å². The van der Waals surface area contributed by atoms with Gasteiger partial charge in [0.05, 0.1) is 13.7 Å². The SMILES string of the molecule is CCOc1cc(OC)c2c(c1)C(=O)c1cccc(OCCN3CCCC3)c1-2. The van der Waals surface area contributed by atoms with Crippen LogP contribution in [0.15, 0.2) is 30.3 Å². The fourth-order valence-electron chi connectivity index (χ4n) is 3.97. The third-order valence-electron chi connectivity index (χ3n) is 5.24. The lowest BCUT2D eigenvalue weighted by Gasteiger charge is -2.17. The van der Waals surface area contributed by atoms with Gasteiger partial charge in [-0.25, -0.2) is 0 Å². The van der Waals surface area contributed by atoms with E-state index >= 15 is 0 Å². The number of hydrogen-bond acceptors (Lipinski definition) is 5. The highest BCUT2D eigenvalue weighted by atomic mass is 16.5. The highest BCUT2D eigenvalue weighted by Gasteiger charge is 2.33. The topological polar surface area (TPSA) is 48.0 Å². The summed E-state index contributed by atoms with van der Waals surface area (Å²) >= 11 is 0. The Kier molecular flexibility index (Phi) is 5.03. The van der Waals surface area contributed by atoms with E-state index in [0.29, 0.717) is 35.8 Å². The van der Waals surface area contributed by atoms with Crippen molar-refractivity contribution in [3.05, 3.63) is 41.5 Å². The summed E-state index contributed by atoms with van der Waals surface area (Å²) in [5.74, 6) is 2.01. The lowest BCUT2D eigenvalue weighted by Crippen LogP contribution is -2.25. The van der Waals surface area contributed by atoms with Gasteiger partial charge in [-0.3, -0.25) is 9.69 Å². The van der Waals surface area contributed by atoms with Crippen molar-refractivity contribution in [3.63, 3.8) is 0 Å². The zero-order valence-electron chi connectivity index (χ0n) is 15.9. The number of carbonyl (C=O) groups is 1. The van der Waals surface area contributed by atoms with Crippen molar-refractivity contribution in [2.45, 2.75) is 19.8 Å². The van der Waals surface area contributed by atoms with Crippen LogP contribution in [-0.2, 0) is 0 Å². The quantitative estimate of drug-likeness (QED) is 0.636. The number of benzene rings is 2. The minimum absolute atomic E-state index is 0.00940. The number of rotatable bonds is 7. The Morgan fingerprint density at radius 1 is 1.00 bits per heavy atom. The molecule has 2 aromatic carbocycles. The molecule has 142 valence electrons. The van der Waals surface area contributed by atoms with Crippen LogP contribution >= 0.6 is 0 Å². The van der Waals surface area contributed by atoms with Crippen LogP contribution in [0.25, 0.3) is 11.1 Å². The zero-order valence-corrected chi connectivity index (χ0v) is 15.9. The molecular formula is C22H25NO4. The van der Waals surface area contributed by atoms with Gasteiger partial charge in [-0.05, 0) is 45.0 Å². The third kappa shape index (κ3) is 3.28. The number of hydrogen-bond donors (Lipinski definition) is 0. The number of ketones is 1. The van der Waals surface area contributed by atoms with Crippen LogP contribution in [0, 0.1) is 0 Å². The van der Waals surface area contributed by atoms with Crippen LogP contribution in [0.4, 0.5) is 0 Å². The van der Waals surface area contributed by atoms with E-state index in [1.54, 1.807) is 13.2 Å². The van der Waals surface area contributed by atoms with E-state index < -0.39 is 0 Å². The highest BCUT2D eigenvalue weighted by molar-refractivity contribution is 6.23. The monoisotopic (exact) mass is 367 g/mol. The van der Waals surface area contributed by atoms with Crippen LogP contribution in [0.5, 0.6) is 17.2 Å². The maximum atomic E-state index is 13.0. The number of fused-ring (bicyclic) bond motifs is 3. The fourth-order valence-corrected chi connectivity index (χ4v) is 3.97. The molecule has 2 aliphatic rings. The summed E-state index contributed by atoms with van der Waals surface area (Å²) in [6.45, 7) is 6.26. The van der Waals surface area contributed by atoms with Gasteiger partial charge in [-0.15, -0.1) is 0 Å². The van der Waals surface area contributed by atoms with Crippen molar-refractivity contribution in [2.75, 3.05) is 40.0 Å². The largest absolute Gasteiger partial charge is 0.496 e. The van der Waals surface area contributed by atoms with Crippen molar-refractivity contribution in [3.8, 4) is 28.4 Å². The predicted octanol–water partition coefficient (Wildman–Crippen LogP) is 3.78. The van der Waals surface area contributed by atoms with Crippen LogP contribution in [-0.4, -0.2) is 50.6 Å². The molecule has 5 heteroatoms. The Morgan fingerprint density at radius 3 is 2.52 bits per heavy atom. The molecule has 0 radical (unpaired) electrons. The zero-order chi connectivity index (χ0) is 18.8. The molecular weight excluding hydrogens is 342 g/mol. The number of methoxy groups -OCH3 is 1. The molecule has 0 unspecified atom stereocenters. The normalized spacial score (nSPS) is 15.6. The molecule has 1 aliphatic heterocycles. The molecule has 4 rings (SSSR count). The number of nitrogens with zero attached hydrogens (tertiary/aromatic N) is 1. The molecule has 1 saturated heterocycles. The first-order chi connectivity index (χ1) is 13.2. The Morgan fingerprint density at radius 2 is 1.78 bits per heavy atom. The van der Waals surface area contributed by atoms with Crippen molar-refractivity contribution >= 4 is 5.78 Å². The summed E-state index contributed by atoms with van der Waals surface area (Å²) in [6, 6.07) is 9.30. The smallest absolute Gasteiger partial charge is 0.194 e. The van der Waals surface area contributed by atoms with Gasteiger partial charge in [-0.2, -0.15) is 0 Å². The molecule has 0 atom stereocenters. The minimum atomic E-state index is -0.00940. The first-order valence-corrected chi connectivity index (χ1v) is 9.61. The summed E-state index contributed by atoms with van der Waals surface area (Å²) in [7, 11) is 1.62. The van der Waals surface area contributed by atoms with Crippen molar-refractivity contribution in [1.29, 1.82) is 0 Å². The fraction of sp³-hybridized carbons (Fsp3) is 0.409. The van der Waals surface area contributed by atoms with E-state index in [9.17, 15) is 4.79 Å². The summed E-state index contributed by atoms with van der Waals surface area (Å²) in [4.78, 5) is 15.4. The molecule has 5 nitrogen and oxygen atoms in total. The molecule has 1 aliphatic carbocycles. The Bertz CT molecular complexity index is 856. The first-order valence-electron chi connectivity index (χ1n) is 9.61. The average molecular weight is 367 g/mol. The van der Waals surface area contributed by atoms with E-state index in [1.165, 1.54) is 12.8 Å². The molecule has 0 spiro atoms. The second kappa shape index (κ2) is 7.61. The van der Waals surface area contributed by atoms with E-state index in [-0.39, 0.29) is 5.78 Å². The van der Waals surface area contributed by atoms with E-state index in [4.69, 9.17) is 14.2 Å². The number of likely N-dealkylation sites (tertiary alicyclic amines) is 1. The van der Waals surface area contributed by atoms with Gasteiger partial charge in [0.1, 0.15) is 23.9 Å². The molecule has 1 fully saturated rings. The maximum absolute atomic E-state index is 13.0. The molecule has 2 aromatic rings. The second-order valence-electron chi connectivity index (χ2n) is 6.89. The van der Waals surface area contributed by atoms with Crippen molar-refractivity contribution < 1.29 is 19.0 Å². The van der Waals surface area contributed by atoms with Crippen LogP contribution in [0.3, 0.4) is 0 Å². The van der Waals surface area contributed by atoms with Crippen LogP contribution in [0.2, 0.25) is 0 Å². The van der Waals surface area contributed by atoms with Gasteiger partial charge in [-0.1, -0.05) is 12.1 Å². The predicted molar refractivity (Wildman–Crippen MR) is 104 cm³/mol. The van der Waals surface area contributed by atoms with Gasteiger partial charge in [0.2, 0.25) is 0 Å². The number of carbonyl (C=O) groups excluding carboxylic acids is 1. The Hall–Kier alpha value is -2.53. The summed E-state index contributed by atoms with van der Waals surface area (Å²) in [5, 5.41) is 0. The average Bonchev–Trinajstić information content (AvgIpc) is 3.29. The van der Waals surface area contributed by atoms with Gasteiger partial charge < -0.3 is 14.2 Å². The first kappa shape index (κ1) is 17.9. The third-order valence-corrected chi connectivity index (χ3v) is 5.24. The second-order valence-corrected chi connectivity index (χ2v) is 6.89.